The van der Waals surface area contributed by atoms with Gasteiger partial charge in [-0.1, -0.05) is 55.0 Å². The van der Waals surface area contributed by atoms with Gasteiger partial charge in [-0.2, -0.15) is 13.2 Å². The highest BCUT2D eigenvalue weighted by Crippen LogP contribution is 2.36. The predicted molar refractivity (Wildman–Crippen MR) is 140 cm³/mol. The monoisotopic (exact) mass is 577 g/mol. The van der Waals surface area contributed by atoms with Crippen molar-refractivity contribution in [1.29, 1.82) is 0 Å². The number of alkyl halides is 7. The number of aliphatic hydroxyl groups excluding tert-OH is 1. The first kappa shape index (κ1) is 33.1. The summed E-state index contributed by atoms with van der Waals surface area (Å²) in [6.07, 6.45) is -3.12. The Morgan fingerprint density at radius 2 is 1.73 bits per heavy atom. The van der Waals surface area contributed by atoms with Crippen molar-refractivity contribution < 1.29 is 40.6 Å². The quantitative estimate of drug-likeness (QED) is 0.0952. The van der Waals surface area contributed by atoms with Gasteiger partial charge in [-0.15, -0.1) is 13.2 Å². The molecule has 0 spiro atoms. The minimum Gasteiger partial charge on any atom is -0.405 e. The van der Waals surface area contributed by atoms with E-state index in [0.29, 0.717) is 12.5 Å². The van der Waals surface area contributed by atoms with Gasteiger partial charge in [0.1, 0.15) is 12.4 Å². The number of benzene rings is 2. The number of hydrogen-bond donors (Lipinski definition) is 3. The number of hydrogen-bond acceptors (Lipinski definition) is 4. The second-order valence-corrected chi connectivity index (χ2v) is 9.28. The molecule has 0 bridgehead atoms. The molecule has 1 fully saturated rings. The highest BCUT2D eigenvalue weighted by atomic mass is 19.4. The van der Waals surface area contributed by atoms with Crippen LogP contribution in [0.25, 0.3) is 0 Å². The van der Waals surface area contributed by atoms with E-state index in [9.17, 15) is 35.8 Å². The van der Waals surface area contributed by atoms with Crippen LogP contribution in [0.4, 0.5) is 36.4 Å². The van der Waals surface area contributed by atoms with Gasteiger partial charge in [0.25, 0.3) is 0 Å². The molecule has 4 N–H and O–H groups in total. The van der Waals surface area contributed by atoms with Crippen molar-refractivity contribution >= 4 is 11.5 Å². The third-order valence-corrected chi connectivity index (χ3v) is 6.17. The van der Waals surface area contributed by atoms with Crippen molar-refractivity contribution in [3.05, 3.63) is 72.3 Å². The molecule has 0 heterocycles. The van der Waals surface area contributed by atoms with Crippen molar-refractivity contribution in [3.8, 4) is 5.75 Å². The molecule has 2 aromatic carbocycles. The molecule has 3 atom stereocenters. The zero-order valence-corrected chi connectivity index (χ0v) is 21.8. The Morgan fingerprint density at radius 3 is 2.27 bits per heavy atom. The second kappa shape index (κ2) is 16.2. The van der Waals surface area contributed by atoms with Crippen LogP contribution in [0.2, 0.25) is 0 Å². The summed E-state index contributed by atoms with van der Waals surface area (Å²) in [5.74, 6) is -2.89. The zero-order valence-electron chi connectivity index (χ0n) is 21.8. The van der Waals surface area contributed by atoms with E-state index in [-0.39, 0.29) is 23.7 Å². The number of allylic oxidation sites excluding steroid dienone is 1. The van der Waals surface area contributed by atoms with Crippen LogP contribution in [0.5, 0.6) is 5.75 Å². The molecule has 40 heavy (non-hydrogen) atoms. The number of aliphatic hydroxyl groups is 1. The first-order chi connectivity index (χ1) is 18.9. The molecule has 3 unspecified atom stereocenters. The Kier molecular flexibility index (Phi) is 13.4. The maximum atomic E-state index is 12.9. The van der Waals surface area contributed by atoms with Gasteiger partial charge < -0.3 is 20.9 Å². The Bertz CT molecular complexity index is 1030. The SMILES string of the molecule is NC(=Nc1ccc(OC(F)(F)F)c(C(/C=C\C2CCCC(CNCCF)C2)CO)c1)C(F)(F)F.c1ccccc1. The van der Waals surface area contributed by atoms with Crippen molar-refractivity contribution in [2.24, 2.45) is 22.6 Å². The Balaban J connectivity index is 0.000000821. The van der Waals surface area contributed by atoms with Gasteiger partial charge in [-0.3, -0.25) is 0 Å². The lowest BCUT2D eigenvalue weighted by Gasteiger charge is -2.28. The summed E-state index contributed by atoms with van der Waals surface area (Å²) >= 11 is 0. The standard InChI is InChI=1S/C22H28F7N3O2.C6H6/c23-8-9-31-12-15-3-1-2-14(10-15)4-5-16(13-33)18-11-17(32-20(30)21(24,25)26)6-7-19(18)34-22(27,28)29;1-2-4-6-5-3-1/h4-7,11,14-16,31,33H,1-3,8-10,12-13H2,(H2,30,32);1-6H/b5-4-;. The highest BCUT2D eigenvalue weighted by Gasteiger charge is 2.35. The number of nitrogens with zero attached hydrogens (tertiary/aromatic N) is 1. The van der Waals surface area contributed by atoms with Crippen LogP contribution in [0.15, 0.2) is 71.7 Å². The van der Waals surface area contributed by atoms with Gasteiger partial charge in [0.05, 0.1) is 12.3 Å². The van der Waals surface area contributed by atoms with E-state index in [1.807, 2.05) is 36.4 Å². The van der Waals surface area contributed by atoms with E-state index in [4.69, 9.17) is 5.73 Å². The Labute approximate surface area is 228 Å². The summed E-state index contributed by atoms with van der Waals surface area (Å²) in [4.78, 5) is 3.23. The number of amidine groups is 1. The van der Waals surface area contributed by atoms with Gasteiger partial charge in [0.2, 0.25) is 5.84 Å². The van der Waals surface area contributed by atoms with E-state index >= 15 is 0 Å². The summed E-state index contributed by atoms with van der Waals surface area (Å²) < 4.78 is 93.1. The van der Waals surface area contributed by atoms with E-state index in [2.05, 4.69) is 15.0 Å². The number of halogens is 7. The molecular formula is C28H34F7N3O2. The maximum absolute atomic E-state index is 12.9. The van der Waals surface area contributed by atoms with Gasteiger partial charge in [0.15, 0.2) is 0 Å². The van der Waals surface area contributed by atoms with Crippen molar-refractivity contribution in [3.63, 3.8) is 0 Å². The molecule has 0 aliphatic heterocycles. The predicted octanol–water partition coefficient (Wildman–Crippen LogP) is 6.82. The van der Waals surface area contributed by atoms with Crippen LogP contribution in [0.3, 0.4) is 0 Å². The molecule has 12 heteroatoms. The summed E-state index contributed by atoms with van der Waals surface area (Å²) in [6.45, 7) is -0.152. The van der Waals surface area contributed by atoms with E-state index in [1.165, 1.54) is 6.08 Å². The lowest BCUT2D eigenvalue weighted by molar-refractivity contribution is -0.275. The molecule has 0 aromatic heterocycles. The van der Waals surface area contributed by atoms with Crippen LogP contribution in [-0.4, -0.2) is 49.9 Å². The fraction of sp³-hybridized carbons (Fsp3) is 0.464. The summed E-state index contributed by atoms with van der Waals surface area (Å²) in [5.41, 5.74) is 4.41. The van der Waals surface area contributed by atoms with Crippen molar-refractivity contribution in [2.75, 3.05) is 26.4 Å². The third kappa shape index (κ3) is 12.4. The molecule has 1 aliphatic rings. The van der Waals surface area contributed by atoms with Crippen LogP contribution < -0.4 is 15.8 Å². The fourth-order valence-corrected chi connectivity index (χ4v) is 4.32. The zero-order chi connectivity index (χ0) is 29.6. The number of ether oxygens (including phenoxy) is 1. The lowest BCUT2D eigenvalue weighted by atomic mass is 9.80. The summed E-state index contributed by atoms with van der Waals surface area (Å²) in [7, 11) is 0. The molecule has 0 radical (unpaired) electrons. The first-order valence-electron chi connectivity index (χ1n) is 12.8. The van der Waals surface area contributed by atoms with Crippen LogP contribution in [0, 0.1) is 11.8 Å². The van der Waals surface area contributed by atoms with Gasteiger partial charge in [-0.25, -0.2) is 9.38 Å². The minimum absolute atomic E-state index is 0.0917. The van der Waals surface area contributed by atoms with Crippen molar-refractivity contribution in [1.82, 2.24) is 5.32 Å². The van der Waals surface area contributed by atoms with E-state index in [1.54, 1.807) is 6.08 Å². The average Bonchev–Trinajstić information content (AvgIpc) is 2.91. The number of nitrogens with one attached hydrogen (secondary N) is 1. The first-order valence-corrected chi connectivity index (χ1v) is 12.8. The molecule has 1 saturated carbocycles. The Morgan fingerprint density at radius 1 is 1.07 bits per heavy atom. The second-order valence-electron chi connectivity index (χ2n) is 9.28. The largest absolute Gasteiger partial charge is 0.573 e. The van der Waals surface area contributed by atoms with Crippen molar-refractivity contribution in [2.45, 2.75) is 44.1 Å². The molecule has 3 rings (SSSR count). The molecule has 5 nitrogen and oxygen atoms in total. The lowest BCUT2D eigenvalue weighted by Crippen LogP contribution is -2.30. The van der Waals surface area contributed by atoms with Gasteiger partial charge >= 0.3 is 12.5 Å². The molecule has 1 aliphatic carbocycles. The van der Waals surface area contributed by atoms with Crippen LogP contribution >= 0.6 is 0 Å². The number of rotatable bonds is 10. The maximum Gasteiger partial charge on any atom is 0.573 e. The van der Waals surface area contributed by atoms with Gasteiger partial charge in [-0.05, 0) is 55.8 Å². The minimum atomic E-state index is -5.04. The van der Waals surface area contributed by atoms with Crippen LogP contribution in [0.1, 0.15) is 37.2 Å². The number of aliphatic imine (C=N–C) groups is 1. The van der Waals surface area contributed by atoms with E-state index < -0.39 is 43.3 Å². The third-order valence-electron chi connectivity index (χ3n) is 6.17. The van der Waals surface area contributed by atoms with Gasteiger partial charge in [0, 0.05) is 18.0 Å². The molecule has 2 aromatic rings. The number of nitrogens with two attached hydrogens (primary N) is 1. The van der Waals surface area contributed by atoms with Crippen LogP contribution in [-0.2, 0) is 0 Å². The normalized spacial score (nSPS) is 19.1. The molecule has 0 amide bonds. The van der Waals surface area contributed by atoms with E-state index in [0.717, 1.165) is 43.9 Å². The smallest absolute Gasteiger partial charge is 0.405 e. The molecule has 222 valence electrons. The molecular weight excluding hydrogens is 543 g/mol. The average molecular weight is 578 g/mol. The topological polar surface area (TPSA) is 79.9 Å². The summed E-state index contributed by atoms with van der Waals surface area (Å²) in [6, 6.07) is 14.7. The molecule has 0 saturated heterocycles. The summed E-state index contributed by atoms with van der Waals surface area (Å²) in [5, 5.41) is 12.9. The highest BCUT2D eigenvalue weighted by molar-refractivity contribution is 5.88. The fourth-order valence-electron chi connectivity index (χ4n) is 4.32. The Hall–Kier alpha value is -3.12.